The number of rotatable bonds is 7. The predicted octanol–water partition coefficient (Wildman–Crippen LogP) is 3.40. The van der Waals surface area contributed by atoms with Gasteiger partial charge in [0, 0.05) is 13.1 Å². The fourth-order valence-electron chi connectivity index (χ4n) is 2.54. The van der Waals surface area contributed by atoms with Crippen LogP contribution in [0.2, 0.25) is 0 Å². The van der Waals surface area contributed by atoms with Crippen LogP contribution in [-0.2, 0) is 11.3 Å². The van der Waals surface area contributed by atoms with Gasteiger partial charge in [-0.05, 0) is 50.7 Å². The zero-order valence-electron chi connectivity index (χ0n) is 15.8. The van der Waals surface area contributed by atoms with Crippen LogP contribution in [0.3, 0.4) is 0 Å². The second-order valence-electron chi connectivity index (χ2n) is 5.62. The third kappa shape index (κ3) is 4.86. The molecule has 0 fully saturated rings. The van der Waals surface area contributed by atoms with Crippen molar-refractivity contribution in [3.05, 3.63) is 40.2 Å². The molecule has 0 aliphatic carbocycles. The molecule has 1 amide bonds. The lowest BCUT2D eigenvalue weighted by atomic mass is 10.1. The summed E-state index contributed by atoms with van der Waals surface area (Å²) >= 11 is 6.50. The van der Waals surface area contributed by atoms with Gasteiger partial charge >= 0.3 is 5.97 Å². The number of carbonyl (C=O) groups excluding carboxylic acids is 2. The Morgan fingerprint density at radius 3 is 2.59 bits per heavy atom. The molecule has 0 bridgehead atoms. The Morgan fingerprint density at radius 2 is 2.04 bits per heavy atom. The molecule has 0 spiro atoms. The van der Waals surface area contributed by atoms with Crippen LogP contribution in [0.5, 0.6) is 0 Å². The maximum Gasteiger partial charge on any atom is 0.341 e. The Morgan fingerprint density at radius 1 is 1.33 bits per heavy atom. The molecule has 7 nitrogen and oxygen atoms in total. The SMILES string of the molecule is CCN(CC)C(=O)c1sc(NC(=S)NCc2ccco2)c(C(=O)OC)c1C. The molecule has 0 saturated carbocycles. The third-order valence-corrected chi connectivity index (χ3v) is 5.45. The lowest BCUT2D eigenvalue weighted by Crippen LogP contribution is -2.30. The maximum atomic E-state index is 12.8. The van der Waals surface area contributed by atoms with Gasteiger partial charge in [0.1, 0.15) is 10.8 Å². The van der Waals surface area contributed by atoms with Crippen LogP contribution in [0.1, 0.15) is 45.2 Å². The molecule has 0 aliphatic heterocycles. The second-order valence-corrected chi connectivity index (χ2v) is 7.05. The fourth-order valence-corrected chi connectivity index (χ4v) is 3.94. The van der Waals surface area contributed by atoms with Crippen molar-refractivity contribution < 1.29 is 18.7 Å². The lowest BCUT2D eigenvalue weighted by molar-refractivity contribution is 0.0601. The van der Waals surface area contributed by atoms with E-state index in [1.165, 1.54) is 18.4 Å². The number of nitrogens with zero attached hydrogens (tertiary/aromatic N) is 1. The molecule has 2 rings (SSSR count). The topological polar surface area (TPSA) is 83.8 Å². The summed E-state index contributed by atoms with van der Waals surface area (Å²) in [7, 11) is 1.31. The summed E-state index contributed by atoms with van der Waals surface area (Å²) in [5.41, 5.74) is 0.903. The first-order valence-corrected chi connectivity index (χ1v) is 9.73. The number of thiophene rings is 1. The van der Waals surface area contributed by atoms with E-state index in [4.69, 9.17) is 21.4 Å². The molecule has 2 aromatic rings. The van der Waals surface area contributed by atoms with E-state index in [1.807, 2.05) is 19.9 Å². The molecular formula is C18H23N3O4S2. The smallest absolute Gasteiger partial charge is 0.341 e. The fraction of sp³-hybridized carbons (Fsp3) is 0.389. The van der Waals surface area contributed by atoms with Crippen molar-refractivity contribution in [2.45, 2.75) is 27.3 Å². The van der Waals surface area contributed by atoms with Gasteiger partial charge in [-0.15, -0.1) is 11.3 Å². The first kappa shape index (κ1) is 20.9. The van der Waals surface area contributed by atoms with E-state index < -0.39 is 5.97 Å². The number of ether oxygens (including phenoxy) is 1. The molecule has 2 N–H and O–H groups in total. The summed E-state index contributed by atoms with van der Waals surface area (Å²) in [4.78, 5) is 27.2. The summed E-state index contributed by atoms with van der Waals surface area (Å²) in [6.45, 7) is 7.15. The molecule has 27 heavy (non-hydrogen) atoms. The van der Waals surface area contributed by atoms with E-state index in [1.54, 1.807) is 24.2 Å². The summed E-state index contributed by atoms with van der Waals surface area (Å²) in [6.07, 6.45) is 1.58. The van der Waals surface area contributed by atoms with Crippen molar-refractivity contribution in [3.63, 3.8) is 0 Å². The van der Waals surface area contributed by atoms with Crippen molar-refractivity contribution in [2.75, 3.05) is 25.5 Å². The van der Waals surface area contributed by atoms with Crippen molar-refractivity contribution in [1.82, 2.24) is 10.2 Å². The highest BCUT2D eigenvalue weighted by Crippen LogP contribution is 2.34. The van der Waals surface area contributed by atoms with E-state index in [9.17, 15) is 9.59 Å². The standard InChI is InChI=1S/C18H23N3O4S2/c1-5-21(6-2)16(22)14-11(3)13(17(23)24-4)15(27-14)20-18(26)19-10-12-8-7-9-25-12/h7-9H,5-6,10H2,1-4H3,(H2,19,20,26). The molecule has 146 valence electrons. The maximum absolute atomic E-state index is 12.8. The van der Waals surface area contributed by atoms with Gasteiger partial charge in [-0.3, -0.25) is 4.79 Å². The van der Waals surface area contributed by atoms with Crippen LogP contribution in [-0.4, -0.2) is 42.1 Å². The highest BCUT2D eigenvalue weighted by molar-refractivity contribution is 7.80. The Balaban J connectivity index is 2.25. The number of esters is 1. The van der Waals surface area contributed by atoms with Gasteiger partial charge in [-0.1, -0.05) is 0 Å². The van der Waals surface area contributed by atoms with Crippen LogP contribution in [0.15, 0.2) is 22.8 Å². The number of hydrogen-bond donors (Lipinski definition) is 2. The van der Waals surface area contributed by atoms with Crippen LogP contribution in [0, 0.1) is 6.92 Å². The van der Waals surface area contributed by atoms with E-state index in [2.05, 4.69) is 10.6 Å². The third-order valence-electron chi connectivity index (χ3n) is 4.01. The highest BCUT2D eigenvalue weighted by atomic mass is 32.1. The molecule has 0 aromatic carbocycles. The number of carbonyl (C=O) groups is 2. The first-order chi connectivity index (χ1) is 12.9. The largest absolute Gasteiger partial charge is 0.467 e. The lowest BCUT2D eigenvalue weighted by Gasteiger charge is -2.17. The number of methoxy groups -OCH3 is 1. The summed E-state index contributed by atoms with van der Waals surface area (Å²) in [5, 5.41) is 6.81. The minimum Gasteiger partial charge on any atom is -0.467 e. The van der Waals surface area contributed by atoms with Crippen molar-refractivity contribution in [1.29, 1.82) is 0 Å². The first-order valence-electron chi connectivity index (χ1n) is 8.51. The molecule has 0 saturated heterocycles. The van der Waals surface area contributed by atoms with E-state index in [0.29, 0.717) is 45.8 Å². The van der Waals surface area contributed by atoms with E-state index >= 15 is 0 Å². The summed E-state index contributed by atoms with van der Waals surface area (Å²) in [6, 6.07) is 3.61. The van der Waals surface area contributed by atoms with Gasteiger partial charge in [0.2, 0.25) is 0 Å². The molecule has 0 atom stereocenters. The van der Waals surface area contributed by atoms with Crippen LogP contribution >= 0.6 is 23.6 Å². The quantitative estimate of drug-likeness (QED) is 0.535. The van der Waals surface area contributed by atoms with Gasteiger partial charge in [-0.25, -0.2) is 4.79 Å². The number of furan rings is 1. The van der Waals surface area contributed by atoms with Gasteiger partial charge in [0.05, 0.1) is 30.4 Å². The summed E-state index contributed by atoms with van der Waals surface area (Å²) in [5.74, 6) is 0.0981. The minimum atomic E-state index is -0.515. The number of anilines is 1. The molecule has 0 radical (unpaired) electrons. The Kier molecular flexibility index (Phi) is 7.37. The predicted molar refractivity (Wildman–Crippen MR) is 109 cm³/mol. The molecule has 2 aromatic heterocycles. The number of thiocarbonyl (C=S) groups is 1. The van der Waals surface area contributed by atoms with Gasteiger partial charge < -0.3 is 24.7 Å². The Hall–Kier alpha value is -2.39. The molecule has 0 unspecified atom stereocenters. The number of hydrogen-bond acceptors (Lipinski definition) is 6. The highest BCUT2D eigenvalue weighted by Gasteiger charge is 2.27. The Labute approximate surface area is 167 Å². The average Bonchev–Trinajstić information content (AvgIpc) is 3.28. The zero-order valence-corrected chi connectivity index (χ0v) is 17.4. The Bertz CT molecular complexity index is 811. The van der Waals surface area contributed by atoms with Crippen LogP contribution in [0.25, 0.3) is 0 Å². The van der Waals surface area contributed by atoms with Gasteiger partial charge in [0.15, 0.2) is 5.11 Å². The van der Waals surface area contributed by atoms with Crippen LogP contribution < -0.4 is 10.6 Å². The molecule has 9 heteroatoms. The zero-order chi connectivity index (χ0) is 20.0. The molecular weight excluding hydrogens is 386 g/mol. The normalized spacial score (nSPS) is 10.4. The van der Waals surface area contributed by atoms with Crippen molar-refractivity contribution in [3.8, 4) is 0 Å². The van der Waals surface area contributed by atoms with E-state index in [-0.39, 0.29) is 5.91 Å². The number of nitrogens with one attached hydrogen (secondary N) is 2. The molecule has 0 aliphatic rings. The van der Waals surface area contributed by atoms with E-state index in [0.717, 1.165) is 5.76 Å². The average molecular weight is 410 g/mol. The summed E-state index contributed by atoms with van der Waals surface area (Å²) < 4.78 is 10.1. The van der Waals surface area contributed by atoms with Gasteiger partial charge in [0.25, 0.3) is 5.91 Å². The number of amides is 1. The van der Waals surface area contributed by atoms with Crippen molar-refractivity contribution >= 4 is 45.5 Å². The molecule has 2 heterocycles. The van der Waals surface area contributed by atoms with Crippen LogP contribution in [0.4, 0.5) is 5.00 Å². The minimum absolute atomic E-state index is 0.116. The second kappa shape index (κ2) is 9.52. The van der Waals surface area contributed by atoms with Gasteiger partial charge in [-0.2, -0.15) is 0 Å². The monoisotopic (exact) mass is 409 g/mol. The van der Waals surface area contributed by atoms with Crippen molar-refractivity contribution in [2.24, 2.45) is 0 Å².